The van der Waals surface area contributed by atoms with Crippen LogP contribution in [-0.2, 0) is 14.3 Å². The van der Waals surface area contributed by atoms with Gasteiger partial charge in [-0.15, -0.1) is 0 Å². The number of amides is 2. The average molecular weight is 423 g/mol. The quantitative estimate of drug-likeness (QED) is 0.676. The molecule has 2 rings (SSSR count). The Balaban J connectivity index is 1.99. The number of anilines is 1. The van der Waals surface area contributed by atoms with Gasteiger partial charge in [-0.05, 0) is 49.7 Å². The average Bonchev–Trinajstić information content (AvgIpc) is 2.61. The molecule has 0 aromatic heterocycles. The van der Waals surface area contributed by atoms with Crippen LogP contribution >= 0.6 is 23.2 Å². The lowest BCUT2D eigenvalue weighted by Gasteiger charge is -2.19. The van der Waals surface area contributed by atoms with Gasteiger partial charge in [0, 0.05) is 22.7 Å². The smallest absolute Gasteiger partial charge is 0.338 e. The van der Waals surface area contributed by atoms with Crippen molar-refractivity contribution in [1.82, 2.24) is 5.32 Å². The molecular formula is C20H20Cl2N2O4. The Morgan fingerprint density at radius 3 is 2.39 bits per heavy atom. The number of rotatable bonds is 6. The van der Waals surface area contributed by atoms with E-state index in [1.165, 1.54) is 26.0 Å². The lowest BCUT2D eigenvalue weighted by molar-refractivity contribution is -0.129. The Kier molecular flexibility index (Phi) is 7.43. The van der Waals surface area contributed by atoms with Gasteiger partial charge in [0.25, 0.3) is 5.91 Å². The summed E-state index contributed by atoms with van der Waals surface area (Å²) < 4.78 is 5.23. The molecule has 0 saturated heterocycles. The third kappa shape index (κ3) is 5.97. The van der Waals surface area contributed by atoms with E-state index < -0.39 is 24.0 Å². The fraction of sp³-hybridized carbons (Fsp3) is 0.250. The van der Waals surface area contributed by atoms with E-state index in [1.807, 2.05) is 0 Å². The number of hydrogen-bond acceptors (Lipinski definition) is 4. The zero-order chi connectivity index (χ0) is 20.8. The summed E-state index contributed by atoms with van der Waals surface area (Å²) in [6.45, 7) is 4.60. The molecule has 0 aliphatic carbocycles. The summed E-state index contributed by atoms with van der Waals surface area (Å²) in [6, 6.07) is 10.9. The third-order valence-electron chi connectivity index (χ3n) is 3.86. The number of ether oxygens (including phenoxy) is 1. The normalized spacial score (nSPS) is 12.6. The van der Waals surface area contributed by atoms with E-state index in [0.717, 1.165) is 0 Å². The van der Waals surface area contributed by atoms with Crippen LogP contribution in [0.4, 0.5) is 5.69 Å². The van der Waals surface area contributed by atoms with Gasteiger partial charge in [0.05, 0.1) is 11.6 Å². The molecule has 6 nitrogen and oxygen atoms in total. The van der Waals surface area contributed by atoms with E-state index in [1.54, 1.807) is 37.3 Å². The molecule has 0 radical (unpaired) electrons. The Labute approximate surface area is 173 Å². The van der Waals surface area contributed by atoms with Gasteiger partial charge in [-0.25, -0.2) is 4.79 Å². The Bertz CT molecular complexity index is 902. The number of nitrogens with one attached hydrogen (secondary N) is 2. The maximum Gasteiger partial charge on any atom is 0.338 e. The highest BCUT2D eigenvalue weighted by Gasteiger charge is 2.22. The van der Waals surface area contributed by atoms with Crippen molar-refractivity contribution in [1.29, 1.82) is 0 Å². The van der Waals surface area contributed by atoms with Crippen molar-refractivity contribution in [3.8, 4) is 0 Å². The van der Waals surface area contributed by atoms with E-state index in [9.17, 15) is 14.4 Å². The van der Waals surface area contributed by atoms with E-state index >= 15 is 0 Å². The topological polar surface area (TPSA) is 84.5 Å². The van der Waals surface area contributed by atoms with Gasteiger partial charge in [0.15, 0.2) is 6.10 Å². The number of hydrogen-bond donors (Lipinski definition) is 2. The zero-order valence-corrected chi connectivity index (χ0v) is 17.1. The minimum absolute atomic E-state index is 0.222. The van der Waals surface area contributed by atoms with Gasteiger partial charge < -0.3 is 15.4 Å². The second-order valence-corrected chi connectivity index (χ2v) is 7.05. The minimum atomic E-state index is -1.02. The molecular weight excluding hydrogens is 403 g/mol. The summed E-state index contributed by atoms with van der Waals surface area (Å²) >= 11 is 12.0. The molecule has 2 atom stereocenters. The lowest BCUT2D eigenvalue weighted by atomic mass is 10.1. The van der Waals surface area contributed by atoms with Crippen LogP contribution in [0, 0.1) is 0 Å². The van der Waals surface area contributed by atoms with Crippen molar-refractivity contribution in [2.24, 2.45) is 0 Å². The largest absolute Gasteiger partial charge is 0.449 e. The highest BCUT2D eigenvalue weighted by molar-refractivity contribution is 6.35. The van der Waals surface area contributed by atoms with Crippen LogP contribution in [0.3, 0.4) is 0 Å². The summed E-state index contributed by atoms with van der Waals surface area (Å²) in [5, 5.41) is 6.26. The molecule has 0 fully saturated rings. The summed E-state index contributed by atoms with van der Waals surface area (Å²) in [6.07, 6.45) is -1.02. The van der Waals surface area contributed by atoms with Gasteiger partial charge in [-0.1, -0.05) is 35.3 Å². The summed E-state index contributed by atoms with van der Waals surface area (Å²) in [5.41, 5.74) is 1.38. The summed E-state index contributed by atoms with van der Waals surface area (Å²) in [7, 11) is 0. The zero-order valence-electron chi connectivity index (χ0n) is 15.6. The van der Waals surface area contributed by atoms with Crippen LogP contribution in [0.1, 0.15) is 42.7 Å². The first-order valence-corrected chi connectivity index (χ1v) is 9.27. The molecule has 8 heteroatoms. The standard InChI is InChI=1S/C20H20Cl2N2O4/c1-11(17-8-7-15(21)10-18(17)22)23-19(26)12(2)28-20(27)14-5-4-6-16(9-14)24-13(3)25/h4-12H,1-3H3,(H,23,26)(H,24,25). The van der Waals surface area contributed by atoms with Crippen LogP contribution in [0.2, 0.25) is 10.0 Å². The Morgan fingerprint density at radius 1 is 1.04 bits per heavy atom. The number of benzene rings is 2. The van der Waals surface area contributed by atoms with E-state index in [0.29, 0.717) is 21.3 Å². The molecule has 0 bridgehead atoms. The fourth-order valence-electron chi connectivity index (χ4n) is 2.47. The van der Waals surface area contributed by atoms with Crippen LogP contribution in [0.25, 0.3) is 0 Å². The van der Waals surface area contributed by atoms with Gasteiger partial charge in [0.2, 0.25) is 5.91 Å². The van der Waals surface area contributed by atoms with Crippen LogP contribution < -0.4 is 10.6 Å². The maximum atomic E-state index is 12.4. The fourth-order valence-corrected chi connectivity index (χ4v) is 3.04. The molecule has 2 amide bonds. The Morgan fingerprint density at radius 2 is 1.75 bits per heavy atom. The Hall–Kier alpha value is -2.57. The summed E-state index contributed by atoms with van der Waals surface area (Å²) in [4.78, 5) is 35.8. The van der Waals surface area contributed by atoms with Crippen molar-refractivity contribution in [2.45, 2.75) is 32.9 Å². The van der Waals surface area contributed by atoms with Crippen molar-refractivity contribution in [2.75, 3.05) is 5.32 Å². The molecule has 0 aliphatic heterocycles. The number of carbonyl (C=O) groups excluding carboxylic acids is 3. The SMILES string of the molecule is CC(=O)Nc1cccc(C(=O)OC(C)C(=O)NC(C)c2ccc(Cl)cc2Cl)c1. The molecule has 2 N–H and O–H groups in total. The predicted octanol–water partition coefficient (Wildman–Crippen LogP) is 4.37. The minimum Gasteiger partial charge on any atom is -0.449 e. The van der Waals surface area contributed by atoms with Gasteiger partial charge >= 0.3 is 5.97 Å². The van der Waals surface area contributed by atoms with Crippen molar-refractivity contribution >= 4 is 46.7 Å². The van der Waals surface area contributed by atoms with Crippen LogP contribution in [0.15, 0.2) is 42.5 Å². The molecule has 0 spiro atoms. The number of carbonyl (C=O) groups is 3. The van der Waals surface area contributed by atoms with Crippen LogP contribution in [0.5, 0.6) is 0 Å². The first kappa shape index (κ1) is 21.7. The molecule has 2 aromatic rings. The molecule has 0 saturated carbocycles. The molecule has 0 heterocycles. The maximum absolute atomic E-state index is 12.4. The third-order valence-corrected chi connectivity index (χ3v) is 4.42. The predicted molar refractivity (Wildman–Crippen MR) is 109 cm³/mol. The monoisotopic (exact) mass is 422 g/mol. The highest BCUT2D eigenvalue weighted by atomic mass is 35.5. The van der Waals surface area contributed by atoms with E-state index in [2.05, 4.69) is 10.6 Å². The van der Waals surface area contributed by atoms with E-state index in [-0.39, 0.29) is 11.5 Å². The first-order chi connectivity index (χ1) is 13.2. The molecule has 2 aromatic carbocycles. The molecule has 28 heavy (non-hydrogen) atoms. The molecule has 148 valence electrons. The van der Waals surface area contributed by atoms with Crippen LogP contribution in [-0.4, -0.2) is 23.9 Å². The van der Waals surface area contributed by atoms with Crippen molar-refractivity contribution in [3.05, 3.63) is 63.6 Å². The van der Waals surface area contributed by atoms with Gasteiger partial charge in [-0.3, -0.25) is 9.59 Å². The van der Waals surface area contributed by atoms with Gasteiger partial charge in [0.1, 0.15) is 0 Å². The van der Waals surface area contributed by atoms with Gasteiger partial charge in [-0.2, -0.15) is 0 Å². The highest BCUT2D eigenvalue weighted by Crippen LogP contribution is 2.26. The number of halogens is 2. The second-order valence-electron chi connectivity index (χ2n) is 6.21. The molecule has 0 aliphatic rings. The van der Waals surface area contributed by atoms with Crippen molar-refractivity contribution < 1.29 is 19.1 Å². The number of esters is 1. The first-order valence-electron chi connectivity index (χ1n) is 8.51. The van der Waals surface area contributed by atoms with E-state index in [4.69, 9.17) is 27.9 Å². The summed E-state index contributed by atoms with van der Waals surface area (Å²) in [5.74, 6) is -1.40. The van der Waals surface area contributed by atoms with Crippen molar-refractivity contribution in [3.63, 3.8) is 0 Å². The lowest BCUT2D eigenvalue weighted by Crippen LogP contribution is -2.37. The molecule has 2 unspecified atom stereocenters. The second kappa shape index (κ2) is 9.57.